The van der Waals surface area contributed by atoms with E-state index >= 15 is 0 Å². The summed E-state index contributed by atoms with van der Waals surface area (Å²) < 4.78 is 16.8. The minimum Gasteiger partial charge on any atom is -0.508 e. The van der Waals surface area contributed by atoms with Crippen LogP contribution in [0.2, 0.25) is 0 Å². The lowest BCUT2D eigenvalue weighted by molar-refractivity contribution is -0.268. The van der Waals surface area contributed by atoms with Crippen LogP contribution in [0.1, 0.15) is 35.4 Å². The van der Waals surface area contributed by atoms with Gasteiger partial charge in [-0.15, -0.1) is 0 Å². The Hall–Kier alpha value is -3.05. The Labute approximate surface area is 176 Å². The van der Waals surface area contributed by atoms with Crippen molar-refractivity contribution in [2.45, 2.75) is 50.2 Å². The molecule has 10 nitrogen and oxygen atoms in total. The zero-order chi connectivity index (χ0) is 22.4. The summed E-state index contributed by atoms with van der Waals surface area (Å²) in [7, 11) is 0. The fraction of sp³-hybridized carbons (Fsp3) is 0.381. The highest BCUT2D eigenvalue weighted by Crippen LogP contribution is 2.43. The maximum absolute atomic E-state index is 12.9. The molecule has 0 spiro atoms. The van der Waals surface area contributed by atoms with Gasteiger partial charge in [-0.2, -0.15) is 0 Å². The first-order valence-electron chi connectivity index (χ1n) is 9.60. The minimum atomic E-state index is -1.60. The Bertz CT molecular complexity index is 1010. The van der Waals surface area contributed by atoms with Gasteiger partial charge in [-0.1, -0.05) is 6.07 Å². The lowest BCUT2D eigenvalue weighted by atomic mass is 9.95. The van der Waals surface area contributed by atoms with Crippen LogP contribution in [0, 0.1) is 0 Å². The molecule has 0 radical (unpaired) electrons. The summed E-state index contributed by atoms with van der Waals surface area (Å²) in [4.78, 5) is 12.9. The van der Waals surface area contributed by atoms with Gasteiger partial charge < -0.3 is 44.8 Å². The van der Waals surface area contributed by atoms with Crippen molar-refractivity contribution >= 4 is 5.78 Å². The van der Waals surface area contributed by atoms with Crippen molar-refractivity contribution in [2.24, 2.45) is 0 Å². The Morgan fingerprint density at radius 1 is 0.968 bits per heavy atom. The summed E-state index contributed by atoms with van der Waals surface area (Å²) in [5, 5.41) is 59.3. The van der Waals surface area contributed by atoms with Crippen LogP contribution >= 0.6 is 0 Å². The lowest BCUT2D eigenvalue weighted by Gasteiger charge is -2.39. The number of carbonyl (C=O) groups is 1. The number of hydrogen-bond donors (Lipinski definition) is 6. The van der Waals surface area contributed by atoms with E-state index in [4.69, 9.17) is 14.2 Å². The number of hydrogen-bond acceptors (Lipinski definition) is 10. The first-order chi connectivity index (χ1) is 14.7. The van der Waals surface area contributed by atoms with Gasteiger partial charge in [0.15, 0.2) is 17.3 Å². The zero-order valence-electron chi connectivity index (χ0n) is 16.4. The first kappa shape index (κ1) is 21.2. The van der Waals surface area contributed by atoms with Crippen molar-refractivity contribution in [1.82, 2.24) is 0 Å². The quantitative estimate of drug-likeness (QED) is 0.379. The van der Waals surface area contributed by atoms with Gasteiger partial charge in [-0.05, 0) is 24.6 Å². The normalized spacial score (nSPS) is 30.4. The summed E-state index contributed by atoms with van der Waals surface area (Å²) in [6, 6.07) is 6.43. The molecule has 2 heterocycles. The smallest absolute Gasteiger partial charge is 0.229 e. The zero-order valence-corrected chi connectivity index (χ0v) is 16.4. The third kappa shape index (κ3) is 3.86. The molecule has 1 fully saturated rings. The monoisotopic (exact) mass is 434 g/mol. The van der Waals surface area contributed by atoms with E-state index in [1.807, 2.05) is 0 Å². The van der Waals surface area contributed by atoms with Gasteiger partial charge in [0.25, 0.3) is 0 Å². The van der Waals surface area contributed by atoms with Gasteiger partial charge in [0, 0.05) is 12.1 Å². The Morgan fingerprint density at radius 3 is 2.42 bits per heavy atom. The maximum Gasteiger partial charge on any atom is 0.229 e. The van der Waals surface area contributed by atoms with Crippen LogP contribution in [-0.2, 0) is 4.74 Å². The van der Waals surface area contributed by atoms with Gasteiger partial charge in [-0.25, -0.2) is 0 Å². The van der Waals surface area contributed by atoms with Gasteiger partial charge in [0.05, 0.1) is 12.5 Å². The van der Waals surface area contributed by atoms with Crippen LogP contribution < -0.4 is 9.47 Å². The molecule has 31 heavy (non-hydrogen) atoms. The van der Waals surface area contributed by atoms with Crippen LogP contribution in [0.3, 0.4) is 0 Å². The average Bonchev–Trinajstić information content (AvgIpc) is 2.71. The fourth-order valence-electron chi connectivity index (χ4n) is 3.66. The van der Waals surface area contributed by atoms with E-state index < -0.39 is 42.6 Å². The van der Waals surface area contributed by atoms with Crippen molar-refractivity contribution in [3.8, 4) is 28.7 Å². The van der Waals surface area contributed by atoms with E-state index in [0.29, 0.717) is 5.56 Å². The van der Waals surface area contributed by atoms with Crippen molar-refractivity contribution in [2.75, 3.05) is 0 Å². The molecule has 6 N–H and O–H groups in total. The Balaban J connectivity index is 1.64. The number of aliphatic hydroxyl groups excluding tert-OH is 3. The number of carbonyl (C=O) groups excluding carboxylic acids is 1. The van der Waals surface area contributed by atoms with E-state index in [2.05, 4.69) is 0 Å². The molecule has 6 atom stereocenters. The van der Waals surface area contributed by atoms with Gasteiger partial charge >= 0.3 is 0 Å². The first-order valence-corrected chi connectivity index (χ1v) is 9.60. The number of ether oxygens (including phenoxy) is 3. The number of phenolic OH excluding ortho intramolecular Hbond substituents is 3. The van der Waals surface area contributed by atoms with Crippen molar-refractivity contribution in [3.05, 3.63) is 41.5 Å². The van der Waals surface area contributed by atoms with E-state index in [0.717, 1.165) is 6.07 Å². The Kier molecular flexibility index (Phi) is 5.40. The Morgan fingerprint density at radius 2 is 1.71 bits per heavy atom. The molecule has 0 amide bonds. The molecule has 166 valence electrons. The summed E-state index contributed by atoms with van der Waals surface area (Å²) in [5.41, 5.74) is 0.457. The summed E-state index contributed by atoms with van der Waals surface area (Å²) in [6.45, 7) is 1.49. The number of phenols is 3. The standard InChI is InChI=1S/C21H22O10/c1-8-18(26)19(27)20(28)21(29-8)31-16-6-10(22)5-15-17(16)13(25)7-14(30-15)9-2-3-11(23)12(24)4-9/h2-6,8,14,18-24,26-28H,7H2,1H3/t8?,14?,18-,19-,20?,21-/m0/s1. The maximum atomic E-state index is 12.9. The minimum absolute atomic E-state index is 0.0149. The fourth-order valence-corrected chi connectivity index (χ4v) is 3.66. The lowest BCUT2D eigenvalue weighted by Crippen LogP contribution is -2.58. The SMILES string of the molecule is CC1O[C@@H](Oc2cc(O)cc3c2C(=O)CC(c2ccc(O)c(O)c2)O3)C(O)[C@@H](O)[C@H]1O. The molecule has 0 bridgehead atoms. The topological polar surface area (TPSA) is 166 Å². The van der Waals surface area contributed by atoms with Crippen LogP contribution in [0.25, 0.3) is 0 Å². The van der Waals surface area contributed by atoms with Crippen molar-refractivity contribution < 1.29 is 49.6 Å². The summed E-state index contributed by atoms with van der Waals surface area (Å²) in [6.07, 6.45) is -7.61. The molecule has 0 aromatic heterocycles. The highest BCUT2D eigenvalue weighted by molar-refractivity contribution is 6.02. The molecule has 0 aliphatic carbocycles. The molecule has 2 aliphatic heterocycles. The second-order valence-electron chi connectivity index (χ2n) is 7.60. The largest absolute Gasteiger partial charge is 0.508 e. The predicted molar refractivity (Wildman–Crippen MR) is 103 cm³/mol. The molecular formula is C21H22O10. The summed E-state index contributed by atoms with van der Waals surface area (Å²) in [5.74, 6) is -1.46. The number of rotatable bonds is 3. The van der Waals surface area contributed by atoms with Crippen LogP contribution in [-0.4, -0.2) is 67.1 Å². The molecule has 10 heteroatoms. The van der Waals surface area contributed by atoms with E-state index in [-0.39, 0.29) is 40.7 Å². The van der Waals surface area contributed by atoms with E-state index in [9.17, 15) is 35.4 Å². The highest BCUT2D eigenvalue weighted by atomic mass is 16.7. The summed E-state index contributed by atoms with van der Waals surface area (Å²) >= 11 is 0. The highest BCUT2D eigenvalue weighted by Gasteiger charge is 2.44. The van der Waals surface area contributed by atoms with Crippen LogP contribution in [0.4, 0.5) is 0 Å². The molecule has 1 saturated heterocycles. The second kappa shape index (κ2) is 7.89. The second-order valence-corrected chi connectivity index (χ2v) is 7.60. The van der Waals surface area contributed by atoms with E-state index in [1.54, 1.807) is 0 Å². The molecule has 2 aromatic rings. The third-order valence-corrected chi connectivity index (χ3v) is 5.39. The number of benzene rings is 2. The number of Topliss-reactive ketones (excluding diaryl/α,β-unsaturated/α-hetero) is 1. The van der Waals surface area contributed by atoms with Gasteiger partial charge in [-0.3, -0.25) is 4.79 Å². The van der Waals surface area contributed by atoms with Crippen molar-refractivity contribution in [3.63, 3.8) is 0 Å². The average molecular weight is 434 g/mol. The van der Waals surface area contributed by atoms with E-state index in [1.165, 1.54) is 31.2 Å². The molecular weight excluding hydrogens is 412 g/mol. The number of fused-ring (bicyclic) bond motifs is 1. The molecule has 2 aromatic carbocycles. The third-order valence-electron chi connectivity index (χ3n) is 5.39. The molecule has 0 saturated carbocycles. The molecule has 3 unspecified atom stereocenters. The number of ketones is 1. The molecule has 2 aliphatic rings. The van der Waals surface area contributed by atoms with Crippen molar-refractivity contribution in [1.29, 1.82) is 0 Å². The van der Waals surface area contributed by atoms with Gasteiger partial charge in [0.1, 0.15) is 47.2 Å². The predicted octanol–water partition coefficient (Wildman–Crippen LogP) is 0.716. The number of aromatic hydroxyl groups is 3. The number of aliphatic hydroxyl groups is 3. The van der Waals surface area contributed by atoms with Gasteiger partial charge in [0.2, 0.25) is 6.29 Å². The van der Waals surface area contributed by atoms with Crippen LogP contribution in [0.5, 0.6) is 28.7 Å². The molecule has 4 rings (SSSR count). The van der Waals surface area contributed by atoms with Crippen LogP contribution in [0.15, 0.2) is 30.3 Å².